The van der Waals surface area contributed by atoms with Gasteiger partial charge in [-0.15, -0.1) is 0 Å². The van der Waals surface area contributed by atoms with Crippen LogP contribution in [0.4, 0.5) is 23.4 Å². The molecule has 2 aromatic heterocycles. The lowest BCUT2D eigenvalue weighted by atomic mass is 10.1. The fourth-order valence-corrected chi connectivity index (χ4v) is 5.86. The van der Waals surface area contributed by atoms with Crippen molar-refractivity contribution < 1.29 is 9.84 Å². The van der Waals surface area contributed by atoms with Crippen molar-refractivity contribution in [2.75, 3.05) is 72.1 Å². The minimum absolute atomic E-state index is 0.0419. The van der Waals surface area contributed by atoms with Crippen LogP contribution in [0.15, 0.2) is 18.3 Å². The minimum atomic E-state index is -0.0419. The number of anilines is 4. The minimum Gasteiger partial charge on any atom is -0.490 e. The fraction of sp³-hybridized carbons (Fsp3) is 0.654. The highest BCUT2D eigenvalue weighted by Gasteiger charge is 2.30. The van der Waals surface area contributed by atoms with Gasteiger partial charge in [-0.25, -0.2) is 4.98 Å². The van der Waals surface area contributed by atoms with Crippen LogP contribution in [-0.4, -0.2) is 84.6 Å². The molecule has 2 atom stereocenters. The highest BCUT2D eigenvalue weighted by atomic mass is 35.5. The zero-order valence-electron chi connectivity index (χ0n) is 21.4. The standard InChI is InChI=1S/C26H38ClN7O2/c1-19-7-6-10-34(19)26-29-23(31-8-4-3-5-9-31)16-24(30-26)33-12-11-32(18-20(33)2)25-22(27)15-21(17-28-25)36-14-13-35/h15-17,19-20,35H,3-14,18H2,1-2H3. The first-order chi connectivity index (χ1) is 17.5. The molecule has 0 amide bonds. The van der Waals surface area contributed by atoms with E-state index in [2.05, 4.69) is 44.5 Å². The van der Waals surface area contributed by atoms with Gasteiger partial charge in [0.1, 0.15) is 29.8 Å². The van der Waals surface area contributed by atoms with Gasteiger partial charge in [0.05, 0.1) is 17.8 Å². The molecule has 2 unspecified atom stereocenters. The maximum Gasteiger partial charge on any atom is 0.229 e. The van der Waals surface area contributed by atoms with Gasteiger partial charge in [0.15, 0.2) is 0 Å². The molecule has 3 aliphatic heterocycles. The number of aromatic nitrogens is 3. The Kier molecular flexibility index (Phi) is 7.86. The third-order valence-electron chi connectivity index (χ3n) is 7.56. The third-order valence-corrected chi connectivity index (χ3v) is 7.83. The van der Waals surface area contributed by atoms with Crippen LogP contribution in [0.3, 0.4) is 0 Å². The van der Waals surface area contributed by atoms with Crippen molar-refractivity contribution in [3.8, 4) is 5.75 Å². The molecule has 3 aliphatic rings. The highest BCUT2D eigenvalue weighted by molar-refractivity contribution is 6.33. The number of piperidine rings is 1. The third kappa shape index (κ3) is 5.42. The summed E-state index contributed by atoms with van der Waals surface area (Å²) in [6.07, 6.45) is 7.81. The van der Waals surface area contributed by atoms with E-state index in [1.807, 2.05) is 0 Å². The van der Waals surface area contributed by atoms with Crippen LogP contribution in [0.5, 0.6) is 5.75 Å². The van der Waals surface area contributed by atoms with Crippen LogP contribution >= 0.6 is 11.6 Å². The molecule has 0 bridgehead atoms. The van der Waals surface area contributed by atoms with E-state index in [0.717, 1.165) is 62.7 Å². The number of pyridine rings is 1. The second-order valence-electron chi connectivity index (χ2n) is 10.2. The Balaban J connectivity index is 1.36. The molecular formula is C26H38ClN7O2. The van der Waals surface area contributed by atoms with E-state index in [0.29, 0.717) is 16.8 Å². The SMILES string of the molecule is CC1CN(c2ncc(OCCO)cc2Cl)CCN1c1cc(N2CCCCC2)nc(N2CCCC2C)n1. The Morgan fingerprint density at radius 3 is 2.42 bits per heavy atom. The monoisotopic (exact) mass is 515 g/mol. The number of aliphatic hydroxyl groups is 1. The molecule has 0 radical (unpaired) electrons. The van der Waals surface area contributed by atoms with Crippen LogP contribution in [-0.2, 0) is 0 Å². The lowest BCUT2D eigenvalue weighted by Gasteiger charge is -2.42. The first-order valence-corrected chi connectivity index (χ1v) is 13.7. The lowest BCUT2D eigenvalue weighted by molar-refractivity contribution is 0.201. The summed E-state index contributed by atoms with van der Waals surface area (Å²) in [7, 11) is 0. The fourth-order valence-electron chi connectivity index (χ4n) is 5.58. The zero-order chi connectivity index (χ0) is 25.1. The molecule has 0 saturated carbocycles. The van der Waals surface area contributed by atoms with Crippen molar-refractivity contribution in [3.63, 3.8) is 0 Å². The Labute approximate surface area is 219 Å². The molecule has 10 heteroatoms. The first kappa shape index (κ1) is 25.1. The van der Waals surface area contributed by atoms with Gasteiger partial charge in [-0.05, 0) is 46.0 Å². The van der Waals surface area contributed by atoms with E-state index in [4.69, 9.17) is 31.4 Å². The summed E-state index contributed by atoms with van der Waals surface area (Å²) >= 11 is 6.56. The molecule has 196 valence electrons. The van der Waals surface area contributed by atoms with Crippen LogP contribution in [0.1, 0.15) is 46.0 Å². The Hall–Kier alpha value is -2.52. The average Bonchev–Trinajstić information content (AvgIpc) is 3.33. The number of ether oxygens (including phenoxy) is 1. The quantitative estimate of drug-likeness (QED) is 0.594. The zero-order valence-corrected chi connectivity index (χ0v) is 22.2. The lowest BCUT2D eigenvalue weighted by Crippen LogP contribution is -2.53. The number of piperazine rings is 1. The molecule has 0 aromatic carbocycles. The van der Waals surface area contributed by atoms with Gasteiger partial charge in [0.25, 0.3) is 0 Å². The number of rotatable bonds is 7. The van der Waals surface area contributed by atoms with Gasteiger partial charge >= 0.3 is 0 Å². The molecule has 1 N–H and O–H groups in total. The van der Waals surface area contributed by atoms with Crippen molar-refractivity contribution in [2.45, 2.75) is 58.0 Å². The molecule has 0 spiro atoms. The summed E-state index contributed by atoms with van der Waals surface area (Å²) in [6, 6.07) is 4.67. The summed E-state index contributed by atoms with van der Waals surface area (Å²) < 4.78 is 5.45. The van der Waals surface area contributed by atoms with Crippen molar-refractivity contribution in [2.24, 2.45) is 0 Å². The number of hydrogen-bond donors (Lipinski definition) is 1. The molecule has 0 aliphatic carbocycles. The maximum absolute atomic E-state index is 8.98. The average molecular weight is 516 g/mol. The van der Waals surface area contributed by atoms with Crippen LogP contribution in [0, 0.1) is 0 Å². The summed E-state index contributed by atoms with van der Waals surface area (Å²) in [4.78, 5) is 24.2. The van der Waals surface area contributed by atoms with Crippen molar-refractivity contribution >= 4 is 35.0 Å². The van der Waals surface area contributed by atoms with Crippen molar-refractivity contribution in [1.29, 1.82) is 0 Å². The first-order valence-electron chi connectivity index (χ1n) is 13.3. The topological polar surface area (TPSA) is 81.1 Å². The van der Waals surface area contributed by atoms with Gasteiger partial charge in [-0.2, -0.15) is 9.97 Å². The summed E-state index contributed by atoms with van der Waals surface area (Å²) in [5, 5.41) is 9.54. The normalized spacial score (nSPS) is 22.9. The molecule has 3 fully saturated rings. The molecule has 36 heavy (non-hydrogen) atoms. The van der Waals surface area contributed by atoms with Gasteiger partial charge < -0.3 is 29.4 Å². The van der Waals surface area contributed by atoms with E-state index in [1.165, 1.54) is 32.1 Å². The Bertz CT molecular complexity index is 1040. The molecule has 9 nitrogen and oxygen atoms in total. The highest BCUT2D eigenvalue weighted by Crippen LogP contribution is 2.33. The van der Waals surface area contributed by atoms with E-state index in [-0.39, 0.29) is 19.3 Å². The van der Waals surface area contributed by atoms with Gasteiger partial charge in [-0.3, -0.25) is 0 Å². The van der Waals surface area contributed by atoms with Crippen LogP contribution < -0.4 is 24.3 Å². The van der Waals surface area contributed by atoms with Crippen molar-refractivity contribution in [3.05, 3.63) is 23.4 Å². The second kappa shape index (κ2) is 11.3. The van der Waals surface area contributed by atoms with Crippen LogP contribution in [0.2, 0.25) is 5.02 Å². The Morgan fingerprint density at radius 1 is 0.917 bits per heavy atom. The second-order valence-corrected chi connectivity index (χ2v) is 10.6. The summed E-state index contributed by atoms with van der Waals surface area (Å²) in [5.74, 6) is 4.28. The maximum atomic E-state index is 8.98. The van der Waals surface area contributed by atoms with Gasteiger partial charge in [0, 0.05) is 63.5 Å². The number of halogens is 1. The predicted octanol–water partition coefficient (Wildman–Crippen LogP) is 3.59. The van der Waals surface area contributed by atoms with E-state index in [1.54, 1.807) is 12.3 Å². The molecule has 5 heterocycles. The Morgan fingerprint density at radius 2 is 1.72 bits per heavy atom. The number of aliphatic hydroxyl groups excluding tert-OH is 1. The van der Waals surface area contributed by atoms with Crippen LogP contribution in [0.25, 0.3) is 0 Å². The van der Waals surface area contributed by atoms with Gasteiger partial charge in [0.2, 0.25) is 5.95 Å². The largest absolute Gasteiger partial charge is 0.490 e. The predicted molar refractivity (Wildman–Crippen MR) is 145 cm³/mol. The van der Waals surface area contributed by atoms with Crippen molar-refractivity contribution in [1.82, 2.24) is 15.0 Å². The molecule has 2 aromatic rings. The smallest absolute Gasteiger partial charge is 0.229 e. The molecule has 5 rings (SSSR count). The van der Waals surface area contributed by atoms with E-state index in [9.17, 15) is 0 Å². The van der Waals surface area contributed by atoms with E-state index >= 15 is 0 Å². The number of hydrogen-bond acceptors (Lipinski definition) is 9. The summed E-state index contributed by atoms with van der Waals surface area (Å²) in [5.41, 5.74) is 0. The number of nitrogens with zero attached hydrogens (tertiary/aromatic N) is 7. The summed E-state index contributed by atoms with van der Waals surface area (Å²) in [6.45, 7) is 10.3. The van der Waals surface area contributed by atoms with E-state index < -0.39 is 0 Å². The molecular weight excluding hydrogens is 478 g/mol. The molecule has 3 saturated heterocycles. The van der Waals surface area contributed by atoms with Gasteiger partial charge in [-0.1, -0.05) is 11.6 Å².